The first-order valence-electron chi connectivity index (χ1n) is 39.5. The number of aliphatic hydroxyl groups excluding tert-OH is 1. The summed E-state index contributed by atoms with van der Waals surface area (Å²) in [7, 11) is -9.91. The van der Waals surface area contributed by atoms with Crippen LogP contribution < -0.4 is 0 Å². The van der Waals surface area contributed by atoms with Gasteiger partial charge >= 0.3 is 39.5 Å². The fourth-order valence-electron chi connectivity index (χ4n) is 11.7. The molecule has 564 valence electrons. The van der Waals surface area contributed by atoms with Gasteiger partial charge in [-0.05, 0) is 37.5 Å². The fourth-order valence-corrected chi connectivity index (χ4v) is 13.2. The lowest BCUT2D eigenvalue weighted by Gasteiger charge is -2.21. The number of esters is 4. The van der Waals surface area contributed by atoms with Crippen LogP contribution in [0, 0.1) is 11.8 Å². The zero-order valence-corrected chi connectivity index (χ0v) is 63.8. The lowest BCUT2D eigenvalue weighted by Crippen LogP contribution is -2.30. The Labute approximate surface area is 581 Å². The van der Waals surface area contributed by atoms with Crippen molar-refractivity contribution in [3.8, 4) is 0 Å². The van der Waals surface area contributed by atoms with E-state index in [-0.39, 0.29) is 25.7 Å². The first-order chi connectivity index (χ1) is 45.9. The summed E-state index contributed by atoms with van der Waals surface area (Å²) in [5.74, 6) is -0.646. The Bertz CT molecular complexity index is 1840. The summed E-state index contributed by atoms with van der Waals surface area (Å²) in [6, 6.07) is 0. The first-order valence-corrected chi connectivity index (χ1v) is 42.5. The van der Waals surface area contributed by atoms with Crippen LogP contribution in [0.2, 0.25) is 0 Å². The number of hydrogen-bond donors (Lipinski definition) is 3. The van der Waals surface area contributed by atoms with Crippen LogP contribution in [0.5, 0.6) is 0 Å². The van der Waals surface area contributed by atoms with Crippen LogP contribution in [0.15, 0.2) is 0 Å². The predicted octanol–water partition coefficient (Wildman–Crippen LogP) is 22.3. The van der Waals surface area contributed by atoms with Gasteiger partial charge in [0, 0.05) is 25.7 Å². The summed E-state index contributed by atoms with van der Waals surface area (Å²) in [6.45, 7) is 9.53. The van der Waals surface area contributed by atoms with Crippen molar-refractivity contribution in [2.45, 2.75) is 413 Å². The molecular formula is C76H148O17P2. The molecular weight excluding hydrogens is 1250 g/mol. The van der Waals surface area contributed by atoms with Gasteiger partial charge in [-0.2, -0.15) is 0 Å². The van der Waals surface area contributed by atoms with E-state index in [1.54, 1.807) is 0 Å². The van der Waals surface area contributed by atoms with Gasteiger partial charge in [0.2, 0.25) is 0 Å². The van der Waals surface area contributed by atoms with Gasteiger partial charge < -0.3 is 33.8 Å². The summed E-state index contributed by atoms with van der Waals surface area (Å²) in [4.78, 5) is 72.7. The number of carbonyl (C=O) groups is 4. The second-order valence-electron chi connectivity index (χ2n) is 28.3. The maximum Gasteiger partial charge on any atom is 0.472 e. The predicted molar refractivity (Wildman–Crippen MR) is 386 cm³/mol. The van der Waals surface area contributed by atoms with Crippen LogP contribution >= 0.6 is 15.6 Å². The van der Waals surface area contributed by atoms with Crippen LogP contribution in [0.1, 0.15) is 395 Å². The van der Waals surface area contributed by atoms with Crippen molar-refractivity contribution in [1.29, 1.82) is 0 Å². The topological polar surface area (TPSA) is 237 Å². The number of hydrogen-bond acceptors (Lipinski definition) is 15. The van der Waals surface area contributed by atoms with Gasteiger partial charge in [-0.3, -0.25) is 37.3 Å². The zero-order chi connectivity index (χ0) is 70.0. The fraction of sp³-hybridized carbons (Fsp3) is 0.947. The van der Waals surface area contributed by atoms with Gasteiger partial charge in [0.15, 0.2) is 12.2 Å². The maximum absolute atomic E-state index is 13.1. The summed E-state index contributed by atoms with van der Waals surface area (Å²) in [5, 5.41) is 10.6. The molecule has 0 aliphatic rings. The highest BCUT2D eigenvalue weighted by Crippen LogP contribution is 2.45. The molecule has 3 N–H and O–H groups in total. The Balaban J connectivity index is 5.21. The number of ether oxygens (including phenoxy) is 4. The van der Waals surface area contributed by atoms with Gasteiger partial charge in [0.25, 0.3) is 0 Å². The van der Waals surface area contributed by atoms with Gasteiger partial charge in [0.05, 0.1) is 26.4 Å². The molecule has 0 saturated heterocycles. The largest absolute Gasteiger partial charge is 0.472 e. The van der Waals surface area contributed by atoms with Crippen molar-refractivity contribution >= 4 is 39.5 Å². The second-order valence-corrected chi connectivity index (χ2v) is 31.3. The van der Waals surface area contributed by atoms with Crippen molar-refractivity contribution in [2.24, 2.45) is 11.8 Å². The summed E-state index contributed by atoms with van der Waals surface area (Å²) in [6.07, 6.45) is 55.7. The van der Waals surface area contributed by atoms with Gasteiger partial charge in [0.1, 0.15) is 19.3 Å². The van der Waals surface area contributed by atoms with E-state index in [4.69, 9.17) is 37.0 Å². The number of phosphoric acid groups is 2. The lowest BCUT2D eigenvalue weighted by atomic mass is 10.0. The van der Waals surface area contributed by atoms with E-state index in [1.165, 1.54) is 205 Å². The molecule has 0 spiro atoms. The molecule has 17 nitrogen and oxygen atoms in total. The molecule has 0 amide bonds. The average molecular weight is 1400 g/mol. The van der Waals surface area contributed by atoms with Crippen LogP contribution in [-0.2, 0) is 65.4 Å². The van der Waals surface area contributed by atoms with E-state index in [9.17, 15) is 43.2 Å². The molecule has 19 heteroatoms. The van der Waals surface area contributed by atoms with Gasteiger partial charge in [-0.25, -0.2) is 9.13 Å². The van der Waals surface area contributed by atoms with Crippen LogP contribution in [-0.4, -0.2) is 96.7 Å². The van der Waals surface area contributed by atoms with Gasteiger partial charge in [-0.1, -0.05) is 343 Å². The monoisotopic (exact) mass is 1400 g/mol. The van der Waals surface area contributed by atoms with E-state index in [2.05, 4.69) is 41.5 Å². The Morgan fingerprint density at radius 1 is 0.284 bits per heavy atom. The maximum atomic E-state index is 13.1. The Morgan fingerprint density at radius 3 is 0.716 bits per heavy atom. The molecule has 0 rings (SSSR count). The van der Waals surface area contributed by atoms with E-state index >= 15 is 0 Å². The van der Waals surface area contributed by atoms with Crippen molar-refractivity contribution in [3.63, 3.8) is 0 Å². The minimum atomic E-state index is -4.96. The number of carbonyl (C=O) groups excluding carboxylic acids is 4. The van der Waals surface area contributed by atoms with Crippen molar-refractivity contribution in [3.05, 3.63) is 0 Å². The number of unbranched alkanes of at least 4 members (excludes halogenated alkanes) is 45. The van der Waals surface area contributed by atoms with Crippen LogP contribution in [0.4, 0.5) is 0 Å². The van der Waals surface area contributed by atoms with E-state index in [1.807, 2.05) is 0 Å². The van der Waals surface area contributed by atoms with E-state index in [0.717, 1.165) is 102 Å². The lowest BCUT2D eigenvalue weighted by molar-refractivity contribution is -0.161. The standard InChI is InChI=1S/C76H148O17P2/c1-7-9-11-13-15-17-19-20-21-22-23-24-25-28-33-37-41-49-55-61-76(81)92-71(64-86-73(78)58-52-46-39-35-32-29-26-27-31-34-38-44-50-56-68(3)4)66-90-94(82,83)88-62-70(77)63-89-95(84,85)91-67-72(65-87-74(79)59-53-47-43-42-45-51-57-69(5)6)93-75(80)60-54-48-40-36-30-18-16-14-12-10-8-2/h68-72,77H,7-67H2,1-6H3,(H,82,83)(H,84,85)/t70-,71-,72-/m1/s1. The number of phosphoric ester groups is 2. The molecule has 2 unspecified atom stereocenters. The third-order valence-electron chi connectivity index (χ3n) is 17.7. The van der Waals surface area contributed by atoms with E-state index in [0.29, 0.717) is 31.6 Å². The molecule has 0 bridgehead atoms. The number of aliphatic hydroxyl groups is 1. The minimum absolute atomic E-state index is 0.106. The van der Waals surface area contributed by atoms with E-state index < -0.39 is 97.5 Å². The molecule has 0 saturated carbocycles. The Morgan fingerprint density at radius 2 is 0.484 bits per heavy atom. The summed E-state index contributed by atoms with van der Waals surface area (Å²) in [5.41, 5.74) is 0. The zero-order valence-electron chi connectivity index (χ0n) is 62.0. The molecule has 0 fully saturated rings. The third kappa shape index (κ3) is 70.3. The Kier molecular flexibility index (Phi) is 66.5. The third-order valence-corrected chi connectivity index (χ3v) is 19.6. The summed E-state index contributed by atoms with van der Waals surface area (Å²) >= 11 is 0. The second kappa shape index (κ2) is 67.9. The quantitative estimate of drug-likeness (QED) is 0.0222. The molecule has 95 heavy (non-hydrogen) atoms. The van der Waals surface area contributed by atoms with Crippen molar-refractivity contribution < 1.29 is 80.2 Å². The molecule has 0 aliphatic carbocycles. The highest BCUT2D eigenvalue weighted by Gasteiger charge is 2.30. The van der Waals surface area contributed by atoms with Crippen LogP contribution in [0.3, 0.4) is 0 Å². The smallest absolute Gasteiger partial charge is 0.462 e. The molecule has 0 aromatic carbocycles. The minimum Gasteiger partial charge on any atom is -0.462 e. The van der Waals surface area contributed by atoms with Crippen LogP contribution in [0.25, 0.3) is 0 Å². The highest BCUT2D eigenvalue weighted by molar-refractivity contribution is 7.47. The molecule has 0 radical (unpaired) electrons. The Hall–Kier alpha value is -1.94. The van der Waals surface area contributed by atoms with Crippen molar-refractivity contribution in [2.75, 3.05) is 39.6 Å². The molecule has 0 heterocycles. The van der Waals surface area contributed by atoms with Crippen molar-refractivity contribution in [1.82, 2.24) is 0 Å². The average Bonchev–Trinajstić information content (AvgIpc) is 1.48. The molecule has 5 atom stereocenters. The highest BCUT2D eigenvalue weighted by atomic mass is 31.2. The first kappa shape index (κ1) is 93.1. The van der Waals surface area contributed by atoms with Gasteiger partial charge in [-0.15, -0.1) is 0 Å². The molecule has 0 aromatic rings. The normalized spacial score (nSPS) is 14.0. The molecule has 0 aliphatic heterocycles. The molecule has 0 aromatic heterocycles. The SMILES string of the molecule is CCCCCCCCCCCCCCCCCCCCCC(=O)O[C@H](COC(=O)CCCCCCCCCCCCCCCC(C)C)COP(=O)(O)OC[C@@H](O)COP(=O)(O)OC[C@@H](COC(=O)CCCCCCCCC(C)C)OC(=O)CCCCCCCCCCCCC. The number of rotatable bonds is 75. The summed E-state index contributed by atoms with van der Waals surface area (Å²) < 4.78 is 68.5.